The van der Waals surface area contributed by atoms with Crippen LogP contribution in [0.5, 0.6) is 0 Å². The van der Waals surface area contributed by atoms with E-state index >= 15 is 0 Å². The van der Waals surface area contributed by atoms with Gasteiger partial charge >= 0.3 is 0 Å². The van der Waals surface area contributed by atoms with Crippen LogP contribution < -0.4 is 10.6 Å². The van der Waals surface area contributed by atoms with Crippen LogP contribution in [-0.4, -0.2) is 12.0 Å². The lowest BCUT2D eigenvalue weighted by atomic mass is 10.2. The molecule has 1 heterocycles. The Hall–Kier alpha value is -1.39. The molecule has 0 bridgehead atoms. The van der Waals surface area contributed by atoms with E-state index in [1.54, 1.807) is 11.3 Å². The van der Waals surface area contributed by atoms with Gasteiger partial charge in [-0.05, 0) is 31.0 Å². The summed E-state index contributed by atoms with van der Waals surface area (Å²) >= 11 is 1.70. The largest absolute Gasteiger partial charge is 0.326 e. The molecule has 2 rings (SSSR count). The van der Waals surface area contributed by atoms with Gasteiger partial charge in [0.15, 0.2) is 5.13 Å². The van der Waals surface area contributed by atoms with Crippen molar-refractivity contribution in [2.45, 2.75) is 33.2 Å². The molecule has 1 aromatic carbocycles. The van der Waals surface area contributed by atoms with E-state index in [1.165, 1.54) is 16.1 Å². The van der Waals surface area contributed by atoms with Crippen molar-refractivity contribution in [1.82, 2.24) is 4.98 Å². The maximum atomic E-state index is 5.81. The van der Waals surface area contributed by atoms with Gasteiger partial charge in [0.25, 0.3) is 0 Å². The van der Waals surface area contributed by atoms with Crippen LogP contribution in [0.2, 0.25) is 0 Å². The first-order chi connectivity index (χ1) is 9.15. The van der Waals surface area contributed by atoms with Crippen molar-refractivity contribution in [3.8, 4) is 0 Å². The Morgan fingerprint density at radius 3 is 2.79 bits per heavy atom. The normalized spacial score (nSPS) is 10.7. The van der Waals surface area contributed by atoms with E-state index in [9.17, 15) is 0 Å². The van der Waals surface area contributed by atoms with Crippen molar-refractivity contribution in [3.05, 3.63) is 40.4 Å². The molecule has 2 aromatic rings. The maximum absolute atomic E-state index is 5.81. The molecule has 0 fully saturated rings. The number of hydrogen-bond donors (Lipinski definition) is 1. The first-order valence-corrected chi connectivity index (χ1v) is 7.46. The van der Waals surface area contributed by atoms with E-state index in [1.807, 2.05) is 0 Å². The Kier molecular flexibility index (Phi) is 4.56. The molecule has 0 atom stereocenters. The molecule has 4 heteroatoms. The van der Waals surface area contributed by atoms with E-state index in [2.05, 4.69) is 50.1 Å². The zero-order valence-electron chi connectivity index (χ0n) is 11.8. The third-order valence-electron chi connectivity index (χ3n) is 3.12. The second-order valence-electron chi connectivity index (χ2n) is 4.72. The second kappa shape index (κ2) is 6.17. The van der Waals surface area contributed by atoms with Gasteiger partial charge in [-0.15, -0.1) is 0 Å². The fraction of sp³-hybridized carbons (Fsp3) is 0.400. The molecule has 0 aliphatic rings. The highest BCUT2D eigenvalue weighted by atomic mass is 32.1. The van der Waals surface area contributed by atoms with Gasteiger partial charge in [0.1, 0.15) is 0 Å². The quantitative estimate of drug-likeness (QED) is 0.906. The van der Waals surface area contributed by atoms with Gasteiger partial charge in [0.2, 0.25) is 0 Å². The third-order valence-corrected chi connectivity index (χ3v) is 4.31. The number of hydrogen-bond acceptors (Lipinski definition) is 4. The molecule has 3 nitrogen and oxygen atoms in total. The lowest BCUT2D eigenvalue weighted by Crippen LogP contribution is -2.09. The fourth-order valence-corrected chi connectivity index (χ4v) is 3.02. The number of nitrogens with zero attached hydrogens (tertiary/aromatic N) is 2. The Bertz CT molecular complexity index is 548. The van der Waals surface area contributed by atoms with Crippen molar-refractivity contribution < 1.29 is 0 Å². The molecular weight excluding hydrogens is 254 g/mol. The highest BCUT2D eigenvalue weighted by Gasteiger charge is 2.13. The predicted octanol–water partition coefficient (Wildman–Crippen LogP) is 3.63. The average molecular weight is 275 g/mol. The summed E-state index contributed by atoms with van der Waals surface area (Å²) in [4.78, 5) is 8.08. The van der Waals surface area contributed by atoms with Gasteiger partial charge in [-0.25, -0.2) is 4.98 Å². The first-order valence-electron chi connectivity index (χ1n) is 6.64. The minimum atomic E-state index is 0.578. The summed E-state index contributed by atoms with van der Waals surface area (Å²) < 4.78 is 0. The summed E-state index contributed by atoms with van der Waals surface area (Å²) in [7, 11) is 2.06. The number of anilines is 2. The van der Waals surface area contributed by atoms with E-state index in [4.69, 9.17) is 10.7 Å². The standard InChI is InChI=1S/C15H21N3S/c1-4-6-13-14(10-16)19-15(17-13)18(3)12-8-5-7-11(2)9-12/h5,7-9H,4,6,10,16H2,1-3H3. The van der Waals surface area contributed by atoms with Crippen molar-refractivity contribution in [3.63, 3.8) is 0 Å². The second-order valence-corrected chi connectivity index (χ2v) is 5.78. The monoisotopic (exact) mass is 275 g/mol. The van der Waals surface area contributed by atoms with Crippen molar-refractivity contribution in [2.24, 2.45) is 5.73 Å². The zero-order valence-corrected chi connectivity index (χ0v) is 12.6. The first kappa shape index (κ1) is 14.0. The average Bonchev–Trinajstić information content (AvgIpc) is 2.81. The van der Waals surface area contributed by atoms with Gasteiger partial charge in [-0.1, -0.05) is 36.8 Å². The van der Waals surface area contributed by atoms with E-state index in [0.717, 1.165) is 23.7 Å². The smallest absolute Gasteiger partial charge is 0.190 e. The molecule has 0 spiro atoms. The van der Waals surface area contributed by atoms with E-state index < -0.39 is 0 Å². The van der Waals surface area contributed by atoms with Crippen LogP contribution in [0.25, 0.3) is 0 Å². The number of nitrogens with two attached hydrogens (primary N) is 1. The molecule has 19 heavy (non-hydrogen) atoms. The lowest BCUT2D eigenvalue weighted by molar-refractivity contribution is 0.869. The van der Waals surface area contributed by atoms with Gasteiger partial charge in [0, 0.05) is 24.2 Å². The molecule has 0 unspecified atom stereocenters. The Morgan fingerprint density at radius 1 is 1.37 bits per heavy atom. The maximum Gasteiger partial charge on any atom is 0.190 e. The van der Waals surface area contributed by atoms with Gasteiger partial charge in [-0.2, -0.15) is 0 Å². The van der Waals surface area contributed by atoms with Crippen molar-refractivity contribution in [1.29, 1.82) is 0 Å². The highest BCUT2D eigenvalue weighted by Crippen LogP contribution is 2.31. The Balaban J connectivity index is 2.30. The Morgan fingerprint density at radius 2 is 2.16 bits per heavy atom. The molecule has 0 amide bonds. The highest BCUT2D eigenvalue weighted by molar-refractivity contribution is 7.15. The SMILES string of the molecule is CCCc1nc(N(C)c2cccc(C)c2)sc1CN. The lowest BCUT2D eigenvalue weighted by Gasteiger charge is -2.16. The van der Waals surface area contributed by atoms with Crippen LogP contribution >= 0.6 is 11.3 Å². The topological polar surface area (TPSA) is 42.2 Å². The number of rotatable bonds is 5. The molecule has 102 valence electrons. The summed E-state index contributed by atoms with van der Waals surface area (Å²) in [5.41, 5.74) is 9.39. The Labute approximate surface area is 119 Å². The van der Waals surface area contributed by atoms with Crippen LogP contribution in [0.4, 0.5) is 10.8 Å². The predicted molar refractivity (Wildman–Crippen MR) is 83.2 cm³/mol. The van der Waals surface area contributed by atoms with Crippen molar-refractivity contribution >= 4 is 22.2 Å². The van der Waals surface area contributed by atoms with Crippen LogP contribution in [-0.2, 0) is 13.0 Å². The molecule has 0 aliphatic heterocycles. The van der Waals surface area contributed by atoms with Crippen molar-refractivity contribution in [2.75, 3.05) is 11.9 Å². The molecular formula is C15H21N3S. The van der Waals surface area contributed by atoms with Crippen LogP contribution in [0.3, 0.4) is 0 Å². The number of benzene rings is 1. The number of aromatic nitrogens is 1. The summed E-state index contributed by atoms with van der Waals surface area (Å²) in [5, 5.41) is 1.02. The number of aryl methyl sites for hydroxylation is 2. The van der Waals surface area contributed by atoms with Crippen LogP contribution in [0, 0.1) is 6.92 Å². The molecule has 2 N–H and O–H groups in total. The van der Waals surface area contributed by atoms with Crippen LogP contribution in [0.15, 0.2) is 24.3 Å². The fourth-order valence-electron chi connectivity index (χ4n) is 2.05. The summed E-state index contributed by atoms with van der Waals surface area (Å²) in [5.74, 6) is 0. The molecule has 0 radical (unpaired) electrons. The molecule has 0 aliphatic carbocycles. The summed E-state index contributed by atoms with van der Waals surface area (Å²) in [6.45, 7) is 4.85. The molecule has 0 saturated heterocycles. The minimum absolute atomic E-state index is 0.578. The molecule has 0 saturated carbocycles. The van der Waals surface area contributed by atoms with Gasteiger partial charge in [-0.3, -0.25) is 0 Å². The van der Waals surface area contributed by atoms with E-state index in [-0.39, 0.29) is 0 Å². The third kappa shape index (κ3) is 3.14. The van der Waals surface area contributed by atoms with E-state index in [0.29, 0.717) is 6.54 Å². The van der Waals surface area contributed by atoms with Gasteiger partial charge in [0.05, 0.1) is 5.69 Å². The molecule has 1 aromatic heterocycles. The van der Waals surface area contributed by atoms with Crippen LogP contribution in [0.1, 0.15) is 29.5 Å². The summed E-state index contributed by atoms with van der Waals surface area (Å²) in [6, 6.07) is 8.46. The number of thiazole rings is 1. The summed E-state index contributed by atoms with van der Waals surface area (Å²) in [6.07, 6.45) is 2.11. The minimum Gasteiger partial charge on any atom is -0.326 e. The zero-order chi connectivity index (χ0) is 13.8. The van der Waals surface area contributed by atoms with Gasteiger partial charge < -0.3 is 10.6 Å².